The van der Waals surface area contributed by atoms with Crippen molar-refractivity contribution < 1.29 is 22.7 Å². The molecule has 2 N–H and O–H groups in total. The predicted molar refractivity (Wildman–Crippen MR) is 130 cm³/mol. The number of hydrogen-bond acceptors (Lipinski definition) is 8. The van der Waals surface area contributed by atoms with E-state index in [4.69, 9.17) is 4.74 Å². The molecule has 2 aromatic rings. The molecule has 2 saturated heterocycles. The van der Waals surface area contributed by atoms with Gasteiger partial charge in [-0.2, -0.15) is 23.5 Å². The number of rotatable bonds is 8. The summed E-state index contributed by atoms with van der Waals surface area (Å²) in [6, 6.07) is 3.48. The summed E-state index contributed by atoms with van der Waals surface area (Å²) in [7, 11) is 2.05. The number of likely N-dealkylation sites (tertiary alicyclic amines) is 1. The molecule has 1 amide bonds. The minimum atomic E-state index is -4.59. The number of hydrogen-bond donors (Lipinski definition) is 2. The minimum Gasteiger partial charge on any atom is -0.384 e. The Hall–Kier alpha value is -3.37. The molecular formula is C24H31F3N8O2. The molecule has 37 heavy (non-hydrogen) atoms. The first-order valence-corrected chi connectivity index (χ1v) is 12.4. The van der Waals surface area contributed by atoms with E-state index in [0.29, 0.717) is 44.8 Å². The van der Waals surface area contributed by atoms with Crippen molar-refractivity contribution >= 4 is 23.1 Å². The number of nitriles is 1. The van der Waals surface area contributed by atoms with Crippen LogP contribution < -0.4 is 10.6 Å². The maximum atomic E-state index is 13.6. The van der Waals surface area contributed by atoms with Crippen LogP contribution in [0.4, 0.5) is 30.4 Å². The molecule has 0 aromatic carbocycles. The number of anilines is 3. The highest BCUT2D eigenvalue weighted by molar-refractivity contribution is 5.76. The number of piperidine rings is 1. The Balaban J connectivity index is 1.45. The monoisotopic (exact) mass is 520 g/mol. The summed E-state index contributed by atoms with van der Waals surface area (Å²) in [5.41, 5.74) is -0.473. The molecule has 4 heterocycles. The van der Waals surface area contributed by atoms with Gasteiger partial charge in [-0.3, -0.25) is 9.48 Å². The highest BCUT2D eigenvalue weighted by Crippen LogP contribution is 2.36. The molecular weight excluding hydrogens is 489 g/mol. The van der Waals surface area contributed by atoms with Crippen LogP contribution in [0.2, 0.25) is 0 Å². The Morgan fingerprint density at radius 1 is 1.22 bits per heavy atom. The Bertz CT molecular complexity index is 1120. The Morgan fingerprint density at radius 2 is 2.00 bits per heavy atom. The smallest absolute Gasteiger partial charge is 0.384 e. The summed E-state index contributed by atoms with van der Waals surface area (Å²) in [5, 5.41) is 19.7. The van der Waals surface area contributed by atoms with Crippen molar-refractivity contribution in [3.63, 3.8) is 0 Å². The summed E-state index contributed by atoms with van der Waals surface area (Å²) in [5.74, 6) is 0.146. The third-order valence-corrected chi connectivity index (χ3v) is 6.61. The number of halogens is 3. The molecule has 200 valence electrons. The Labute approximate surface area is 213 Å². The molecule has 0 radical (unpaired) electrons. The maximum Gasteiger partial charge on any atom is 0.419 e. The van der Waals surface area contributed by atoms with Crippen LogP contribution >= 0.6 is 0 Å². The highest BCUT2D eigenvalue weighted by Gasteiger charge is 2.34. The fourth-order valence-electron chi connectivity index (χ4n) is 4.49. The van der Waals surface area contributed by atoms with E-state index >= 15 is 0 Å². The van der Waals surface area contributed by atoms with Gasteiger partial charge >= 0.3 is 6.18 Å². The maximum absolute atomic E-state index is 13.6. The summed E-state index contributed by atoms with van der Waals surface area (Å²) in [6.45, 7) is 3.82. The zero-order valence-corrected chi connectivity index (χ0v) is 20.7. The van der Waals surface area contributed by atoms with Gasteiger partial charge in [0.2, 0.25) is 5.91 Å². The molecule has 13 heteroatoms. The Kier molecular flexibility index (Phi) is 8.50. The van der Waals surface area contributed by atoms with Crippen LogP contribution in [-0.4, -0.2) is 83.5 Å². The van der Waals surface area contributed by atoms with Crippen LogP contribution in [0.25, 0.3) is 0 Å². The second-order valence-electron chi connectivity index (χ2n) is 9.28. The summed E-state index contributed by atoms with van der Waals surface area (Å²) < 4.78 is 47.9. The fourth-order valence-corrected chi connectivity index (χ4v) is 4.49. The lowest BCUT2D eigenvalue weighted by Crippen LogP contribution is -2.33. The van der Waals surface area contributed by atoms with Gasteiger partial charge in [-0.15, -0.1) is 0 Å². The van der Waals surface area contributed by atoms with E-state index in [1.54, 1.807) is 15.8 Å². The second-order valence-corrected chi connectivity index (χ2v) is 9.28. The first kappa shape index (κ1) is 26.7. The SMILES string of the molecule is CN1CCC(n2cc(Nc3cc(NCCCN4CCOCCC4=O)c(C(F)(F)F)cn3)c(C#N)n2)CC1. The fraction of sp³-hybridized carbons (Fsp3) is 0.583. The van der Waals surface area contributed by atoms with Crippen molar-refractivity contribution in [1.82, 2.24) is 24.6 Å². The average Bonchev–Trinajstić information content (AvgIpc) is 3.15. The number of pyridine rings is 1. The van der Waals surface area contributed by atoms with Crippen LogP contribution in [-0.2, 0) is 15.7 Å². The first-order valence-electron chi connectivity index (χ1n) is 12.4. The number of nitrogens with zero attached hydrogens (tertiary/aromatic N) is 6. The standard InChI is InChI=1S/C24H31F3N8O2/c1-33-8-3-17(4-9-33)35-16-21(20(14-28)32-35)31-22-13-19(18(15-30-22)24(25,26)27)29-6-2-7-34-10-12-37-11-5-23(34)36/h13,15-17H,2-12H2,1H3,(H2,29,30,31). The molecule has 0 bridgehead atoms. The lowest BCUT2D eigenvalue weighted by Gasteiger charge is -2.28. The van der Waals surface area contributed by atoms with E-state index in [2.05, 4.69) is 32.7 Å². The molecule has 2 aromatic heterocycles. The minimum absolute atomic E-state index is 0.0158. The molecule has 0 aliphatic carbocycles. The highest BCUT2D eigenvalue weighted by atomic mass is 19.4. The number of aromatic nitrogens is 3. The summed E-state index contributed by atoms with van der Waals surface area (Å²) in [4.78, 5) is 19.9. The molecule has 2 fully saturated rings. The van der Waals surface area contributed by atoms with Crippen molar-refractivity contribution in [2.75, 3.05) is 63.6 Å². The van der Waals surface area contributed by atoms with Crippen LogP contribution in [0.3, 0.4) is 0 Å². The normalized spacial score (nSPS) is 17.9. The third kappa shape index (κ3) is 6.90. The van der Waals surface area contributed by atoms with Gasteiger partial charge in [0, 0.05) is 31.9 Å². The van der Waals surface area contributed by atoms with Crippen molar-refractivity contribution in [3.8, 4) is 6.07 Å². The summed E-state index contributed by atoms with van der Waals surface area (Å²) >= 11 is 0. The quantitative estimate of drug-likeness (QED) is 0.511. The number of ether oxygens (including phenoxy) is 1. The van der Waals surface area contributed by atoms with Crippen molar-refractivity contribution in [2.24, 2.45) is 0 Å². The van der Waals surface area contributed by atoms with Crippen molar-refractivity contribution in [3.05, 3.63) is 29.7 Å². The van der Waals surface area contributed by atoms with Gasteiger partial charge in [0.05, 0.1) is 48.8 Å². The van der Waals surface area contributed by atoms with Gasteiger partial charge < -0.3 is 25.2 Å². The molecule has 0 saturated carbocycles. The van der Waals surface area contributed by atoms with Gasteiger partial charge in [-0.05, 0) is 39.4 Å². The topological polar surface area (TPSA) is 111 Å². The van der Waals surface area contributed by atoms with Gasteiger partial charge in [0.1, 0.15) is 11.9 Å². The lowest BCUT2D eigenvalue weighted by molar-refractivity contribution is -0.137. The van der Waals surface area contributed by atoms with E-state index in [1.807, 2.05) is 6.07 Å². The number of carbonyl (C=O) groups is 1. The molecule has 0 spiro atoms. The van der Waals surface area contributed by atoms with Crippen LogP contribution in [0, 0.1) is 11.3 Å². The lowest BCUT2D eigenvalue weighted by atomic mass is 10.1. The van der Waals surface area contributed by atoms with Gasteiger partial charge in [-0.1, -0.05) is 0 Å². The molecule has 4 rings (SSSR count). The van der Waals surface area contributed by atoms with E-state index in [1.165, 1.54) is 6.07 Å². The van der Waals surface area contributed by atoms with Crippen LogP contribution in [0.1, 0.15) is 43.0 Å². The zero-order valence-electron chi connectivity index (χ0n) is 20.7. The number of amides is 1. The number of nitrogens with one attached hydrogen (secondary N) is 2. The molecule has 0 unspecified atom stereocenters. The number of carbonyl (C=O) groups excluding carboxylic acids is 1. The molecule has 2 aliphatic heterocycles. The van der Waals surface area contributed by atoms with Gasteiger partial charge in [-0.25, -0.2) is 4.98 Å². The van der Waals surface area contributed by atoms with Crippen LogP contribution in [0.15, 0.2) is 18.5 Å². The summed E-state index contributed by atoms with van der Waals surface area (Å²) in [6.07, 6.45) is 0.454. The Morgan fingerprint density at radius 3 is 2.73 bits per heavy atom. The van der Waals surface area contributed by atoms with Crippen LogP contribution in [0.5, 0.6) is 0 Å². The van der Waals surface area contributed by atoms with E-state index in [-0.39, 0.29) is 35.7 Å². The predicted octanol–water partition coefficient (Wildman–Crippen LogP) is 3.23. The first-order chi connectivity index (χ1) is 17.7. The average molecular weight is 521 g/mol. The second kappa shape index (κ2) is 11.8. The number of alkyl halides is 3. The molecule has 0 atom stereocenters. The van der Waals surface area contributed by atoms with E-state index < -0.39 is 11.7 Å². The molecule has 10 nitrogen and oxygen atoms in total. The largest absolute Gasteiger partial charge is 0.419 e. The third-order valence-electron chi connectivity index (χ3n) is 6.61. The van der Waals surface area contributed by atoms with Crippen molar-refractivity contribution in [1.29, 1.82) is 5.26 Å². The van der Waals surface area contributed by atoms with Crippen molar-refractivity contribution in [2.45, 2.75) is 37.9 Å². The van der Waals surface area contributed by atoms with E-state index in [0.717, 1.165) is 32.1 Å². The zero-order chi connectivity index (χ0) is 26.4. The van der Waals surface area contributed by atoms with E-state index in [9.17, 15) is 23.2 Å². The molecule has 2 aliphatic rings. The van der Waals surface area contributed by atoms with Gasteiger partial charge in [0.25, 0.3) is 0 Å². The van der Waals surface area contributed by atoms with Gasteiger partial charge in [0.15, 0.2) is 5.69 Å².